The van der Waals surface area contributed by atoms with Crippen LogP contribution in [0.3, 0.4) is 0 Å². The van der Waals surface area contributed by atoms with Gasteiger partial charge >= 0.3 is 0 Å². The standard InChI is InChI=1S/C9H12N4/c1-6-8-5-11-7(4-10)3-9(8)13(2)12-6/h3,5H,4,10H2,1-2H3. The fraction of sp³-hybridized carbons (Fsp3) is 0.333. The van der Waals surface area contributed by atoms with Gasteiger partial charge in [0, 0.05) is 25.2 Å². The van der Waals surface area contributed by atoms with Gasteiger partial charge in [-0.1, -0.05) is 0 Å². The number of nitrogens with two attached hydrogens (primary N) is 1. The molecule has 0 saturated carbocycles. The predicted molar refractivity (Wildman–Crippen MR) is 51.1 cm³/mol. The van der Waals surface area contributed by atoms with Crippen molar-refractivity contribution in [1.29, 1.82) is 0 Å². The van der Waals surface area contributed by atoms with E-state index in [0.717, 1.165) is 22.3 Å². The Kier molecular flexibility index (Phi) is 1.77. The SMILES string of the molecule is Cc1nn(C)c2cc(CN)ncc12. The highest BCUT2D eigenvalue weighted by molar-refractivity contribution is 5.81. The number of aromatic nitrogens is 3. The summed E-state index contributed by atoms with van der Waals surface area (Å²) in [5.41, 5.74) is 8.50. The molecule has 2 aromatic rings. The van der Waals surface area contributed by atoms with Crippen LogP contribution in [0.5, 0.6) is 0 Å². The molecule has 0 bridgehead atoms. The number of rotatable bonds is 1. The summed E-state index contributed by atoms with van der Waals surface area (Å²) in [5, 5.41) is 5.40. The Morgan fingerprint density at radius 2 is 2.31 bits per heavy atom. The molecule has 0 unspecified atom stereocenters. The van der Waals surface area contributed by atoms with Crippen LogP contribution in [0.4, 0.5) is 0 Å². The lowest BCUT2D eigenvalue weighted by Crippen LogP contribution is -1.99. The molecule has 0 aromatic carbocycles. The first-order chi connectivity index (χ1) is 6.22. The molecule has 0 amide bonds. The zero-order chi connectivity index (χ0) is 9.42. The van der Waals surface area contributed by atoms with Gasteiger partial charge in [-0.2, -0.15) is 5.10 Å². The number of nitrogens with zero attached hydrogens (tertiary/aromatic N) is 3. The predicted octanol–water partition coefficient (Wildman–Crippen LogP) is 0.735. The second-order valence-corrected chi connectivity index (χ2v) is 3.11. The Hall–Kier alpha value is -1.42. The molecule has 0 saturated heterocycles. The van der Waals surface area contributed by atoms with Gasteiger partial charge in [0.05, 0.1) is 16.9 Å². The Balaban J connectivity index is 2.76. The van der Waals surface area contributed by atoms with Gasteiger partial charge in [-0.25, -0.2) is 0 Å². The van der Waals surface area contributed by atoms with Crippen LogP contribution in [-0.4, -0.2) is 14.8 Å². The molecule has 2 aromatic heterocycles. The van der Waals surface area contributed by atoms with E-state index < -0.39 is 0 Å². The quantitative estimate of drug-likeness (QED) is 0.697. The molecule has 0 radical (unpaired) electrons. The second kappa shape index (κ2) is 2.81. The Bertz CT molecular complexity index is 444. The van der Waals surface area contributed by atoms with Crippen LogP contribution in [-0.2, 0) is 13.6 Å². The van der Waals surface area contributed by atoms with Crippen LogP contribution in [0.15, 0.2) is 12.3 Å². The van der Waals surface area contributed by atoms with Crippen LogP contribution < -0.4 is 5.73 Å². The number of pyridine rings is 1. The minimum Gasteiger partial charge on any atom is -0.325 e. The zero-order valence-corrected chi connectivity index (χ0v) is 7.78. The van der Waals surface area contributed by atoms with Gasteiger partial charge in [-0.3, -0.25) is 9.67 Å². The Morgan fingerprint density at radius 1 is 1.54 bits per heavy atom. The highest BCUT2D eigenvalue weighted by Gasteiger charge is 2.05. The number of aryl methyl sites for hydroxylation is 2. The molecule has 13 heavy (non-hydrogen) atoms. The summed E-state index contributed by atoms with van der Waals surface area (Å²) in [7, 11) is 1.93. The summed E-state index contributed by atoms with van der Waals surface area (Å²) in [6.45, 7) is 2.45. The Morgan fingerprint density at radius 3 is 3.00 bits per heavy atom. The summed E-state index contributed by atoms with van der Waals surface area (Å²) in [5.74, 6) is 0. The van der Waals surface area contributed by atoms with Gasteiger partial charge in [0.15, 0.2) is 0 Å². The minimum atomic E-state index is 0.472. The lowest BCUT2D eigenvalue weighted by Gasteiger charge is -1.97. The maximum atomic E-state index is 5.51. The van der Waals surface area contributed by atoms with E-state index in [1.54, 1.807) is 0 Å². The minimum absolute atomic E-state index is 0.472. The summed E-state index contributed by atoms with van der Waals surface area (Å²) in [6.07, 6.45) is 1.83. The van der Waals surface area contributed by atoms with Crippen molar-refractivity contribution < 1.29 is 0 Å². The van der Waals surface area contributed by atoms with Crippen molar-refractivity contribution in [3.05, 3.63) is 23.7 Å². The van der Waals surface area contributed by atoms with Crippen molar-refractivity contribution in [2.24, 2.45) is 12.8 Å². The molecule has 68 valence electrons. The first-order valence-corrected chi connectivity index (χ1v) is 4.20. The van der Waals surface area contributed by atoms with Crippen molar-refractivity contribution >= 4 is 10.9 Å². The summed E-state index contributed by atoms with van der Waals surface area (Å²) < 4.78 is 1.85. The molecule has 0 aliphatic carbocycles. The molecule has 0 aliphatic heterocycles. The van der Waals surface area contributed by atoms with Gasteiger partial charge in [0.25, 0.3) is 0 Å². The largest absolute Gasteiger partial charge is 0.325 e. The van der Waals surface area contributed by atoms with Crippen molar-refractivity contribution in [3.8, 4) is 0 Å². The molecule has 2 rings (SSSR count). The fourth-order valence-corrected chi connectivity index (χ4v) is 1.48. The average molecular weight is 176 g/mol. The fourth-order valence-electron chi connectivity index (χ4n) is 1.48. The first-order valence-electron chi connectivity index (χ1n) is 4.20. The maximum Gasteiger partial charge on any atom is 0.0716 e. The average Bonchev–Trinajstić information content (AvgIpc) is 2.42. The number of hydrogen-bond donors (Lipinski definition) is 1. The topological polar surface area (TPSA) is 56.7 Å². The maximum absolute atomic E-state index is 5.51. The molecule has 0 fully saturated rings. The first kappa shape index (κ1) is 8.19. The normalized spacial score (nSPS) is 11.0. The monoisotopic (exact) mass is 176 g/mol. The van der Waals surface area contributed by atoms with Gasteiger partial charge in [0.1, 0.15) is 0 Å². The number of hydrogen-bond acceptors (Lipinski definition) is 3. The third-order valence-electron chi connectivity index (χ3n) is 2.19. The van der Waals surface area contributed by atoms with Gasteiger partial charge in [-0.05, 0) is 13.0 Å². The third-order valence-corrected chi connectivity index (χ3v) is 2.19. The van der Waals surface area contributed by atoms with Crippen molar-refractivity contribution in [2.45, 2.75) is 13.5 Å². The second-order valence-electron chi connectivity index (χ2n) is 3.11. The zero-order valence-electron chi connectivity index (χ0n) is 7.78. The highest BCUT2D eigenvalue weighted by Crippen LogP contribution is 2.16. The number of fused-ring (bicyclic) bond motifs is 1. The molecule has 2 N–H and O–H groups in total. The van der Waals surface area contributed by atoms with Crippen LogP contribution in [0.1, 0.15) is 11.4 Å². The van der Waals surface area contributed by atoms with Crippen LogP contribution in [0.2, 0.25) is 0 Å². The van der Waals surface area contributed by atoms with Gasteiger partial charge < -0.3 is 5.73 Å². The smallest absolute Gasteiger partial charge is 0.0716 e. The lowest BCUT2D eigenvalue weighted by atomic mass is 10.2. The van der Waals surface area contributed by atoms with E-state index in [9.17, 15) is 0 Å². The van der Waals surface area contributed by atoms with Crippen molar-refractivity contribution in [1.82, 2.24) is 14.8 Å². The molecular weight excluding hydrogens is 164 g/mol. The highest BCUT2D eigenvalue weighted by atomic mass is 15.3. The molecule has 4 heteroatoms. The van der Waals surface area contributed by atoms with Crippen LogP contribution in [0.25, 0.3) is 10.9 Å². The molecule has 0 aliphatic rings. The lowest BCUT2D eigenvalue weighted by molar-refractivity contribution is 0.782. The third kappa shape index (κ3) is 1.19. The van der Waals surface area contributed by atoms with E-state index in [-0.39, 0.29) is 0 Å². The summed E-state index contributed by atoms with van der Waals surface area (Å²) >= 11 is 0. The van der Waals surface area contributed by atoms with E-state index in [2.05, 4.69) is 10.1 Å². The summed E-state index contributed by atoms with van der Waals surface area (Å²) in [4.78, 5) is 4.22. The molecule has 2 heterocycles. The van der Waals surface area contributed by atoms with E-state index >= 15 is 0 Å². The van der Waals surface area contributed by atoms with Gasteiger partial charge in [-0.15, -0.1) is 0 Å². The van der Waals surface area contributed by atoms with Crippen LogP contribution >= 0.6 is 0 Å². The van der Waals surface area contributed by atoms with E-state index in [1.807, 2.05) is 30.9 Å². The molecule has 4 nitrogen and oxygen atoms in total. The molecule has 0 atom stereocenters. The molecular formula is C9H12N4. The van der Waals surface area contributed by atoms with E-state index in [0.29, 0.717) is 6.54 Å². The van der Waals surface area contributed by atoms with E-state index in [1.165, 1.54) is 0 Å². The van der Waals surface area contributed by atoms with Crippen molar-refractivity contribution in [2.75, 3.05) is 0 Å². The Labute approximate surface area is 76.4 Å². The van der Waals surface area contributed by atoms with Crippen molar-refractivity contribution in [3.63, 3.8) is 0 Å². The van der Waals surface area contributed by atoms with Gasteiger partial charge in [0.2, 0.25) is 0 Å². The summed E-state index contributed by atoms with van der Waals surface area (Å²) in [6, 6.07) is 1.98. The van der Waals surface area contributed by atoms with E-state index in [4.69, 9.17) is 5.73 Å². The van der Waals surface area contributed by atoms with Crippen LogP contribution in [0, 0.1) is 6.92 Å². The molecule has 0 spiro atoms.